The van der Waals surface area contributed by atoms with Gasteiger partial charge in [-0.2, -0.15) is 0 Å². The Morgan fingerprint density at radius 1 is 1.13 bits per heavy atom. The van der Waals surface area contributed by atoms with Crippen LogP contribution in [0.5, 0.6) is 0 Å². The zero-order chi connectivity index (χ0) is 21.1. The number of rotatable bonds is 3. The van der Waals surface area contributed by atoms with Crippen LogP contribution in [0.2, 0.25) is 0 Å². The van der Waals surface area contributed by atoms with Crippen LogP contribution in [0.1, 0.15) is 49.8 Å². The third-order valence-electron chi connectivity index (χ3n) is 6.59. The largest absolute Gasteiger partial charge is 0.314 e. The normalized spacial score (nSPS) is 25.0. The lowest BCUT2D eigenvalue weighted by atomic mass is 9.83. The van der Waals surface area contributed by atoms with Crippen molar-refractivity contribution in [3.05, 3.63) is 65.2 Å². The lowest BCUT2D eigenvalue weighted by molar-refractivity contribution is -0.146. The maximum Gasteiger partial charge on any atom is 0.268 e. The monoisotopic (exact) mass is 420 g/mol. The molecule has 2 amide bonds. The maximum atomic E-state index is 14.1. The van der Waals surface area contributed by atoms with Gasteiger partial charge in [0, 0.05) is 22.8 Å². The number of carbonyl (C=O) groups is 2. The number of benzene rings is 2. The fourth-order valence-electron chi connectivity index (χ4n) is 4.93. The van der Waals surface area contributed by atoms with E-state index in [1.54, 1.807) is 11.8 Å². The van der Waals surface area contributed by atoms with Crippen molar-refractivity contribution in [3.8, 4) is 0 Å². The van der Waals surface area contributed by atoms with E-state index in [0.29, 0.717) is 13.1 Å². The van der Waals surface area contributed by atoms with Gasteiger partial charge >= 0.3 is 0 Å². The van der Waals surface area contributed by atoms with Crippen LogP contribution in [0, 0.1) is 12.8 Å². The van der Waals surface area contributed by atoms with E-state index in [2.05, 4.69) is 51.1 Å². The third-order valence-corrected chi connectivity index (χ3v) is 8.18. The number of hydrogen-bond donors (Lipinski definition) is 0. The Hall–Kier alpha value is -2.27. The number of aryl methyl sites for hydroxylation is 1. The first kappa shape index (κ1) is 19.7. The van der Waals surface area contributed by atoms with Gasteiger partial charge < -0.3 is 9.80 Å². The Morgan fingerprint density at radius 3 is 2.53 bits per heavy atom. The summed E-state index contributed by atoms with van der Waals surface area (Å²) in [5.74, 6) is 0.248. The molecule has 2 aromatic carbocycles. The summed E-state index contributed by atoms with van der Waals surface area (Å²) in [7, 11) is 0. The average Bonchev–Trinajstić information content (AvgIpc) is 3.08. The van der Waals surface area contributed by atoms with Gasteiger partial charge in [0.2, 0.25) is 5.91 Å². The number of thioether (sulfide) groups is 1. The summed E-state index contributed by atoms with van der Waals surface area (Å²) in [6, 6.07) is 16.3. The minimum Gasteiger partial charge on any atom is -0.314 e. The van der Waals surface area contributed by atoms with Crippen molar-refractivity contribution in [2.24, 2.45) is 5.92 Å². The molecule has 2 heterocycles. The molecule has 1 spiro atoms. The van der Waals surface area contributed by atoms with Gasteiger partial charge in [-0.1, -0.05) is 54.4 Å². The van der Waals surface area contributed by atoms with E-state index < -0.39 is 4.87 Å². The molecule has 156 valence electrons. The van der Waals surface area contributed by atoms with Crippen molar-refractivity contribution >= 4 is 29.3 Å². The number of fused-ring (bicyclic) bond motifs is 2. The molecule has 5 rings (SSSR count). The van der Waals surface area contributed by atoms with Crippen LogP contribution in [-0.4, -0.2) is 28.0 Å². The van der Waals surface area contributed by atoms with Crippen LogP contribution in [0.25, 0.3) is 0 Å². The molecule has 0 bridgehead atoms. The Bertz CT molecular complexity index is 1020. The van der Waals surface area contributed by atoms with Gasteiger partial charge in [0.05, 0.1) is 12.2 Å². The van der Waals surface area contributed by atoms with E-state index in [4.69, 9.17) is 0 Å². The predicted molar refractivity (Wildman–Crippen MR) is 121 cm³/mol. The first-order chi connectivity index (χ1) is 14.3. The maximum absolute atomic E-state index is 14.1. The van der Waals surface area contributed by atoms with Crippen molar-refractivity contribution in [1.29, 1.82) is 0 Å². The van der Waals surface area contributed by atoms with Crippen molar-refractivity contribution in [3.63, 3.8) is 0 Å². The minimum absolute atomic E-state index is 0.0233. The molecule has 0 N–H and O–H groups in total. The van der Waals surface area contributed by atoms with Crippen LogP contribution in [-0.2, 0) is 21.0 Å². The molecule has 1 atom stereocenters. The Morgan fingerprint density at radius 2 is 1.87 bits per heavy atom. The summed E-state index contributed by atoms with van der Waals surface area (Å²) in [6.07, 6.45) is 3.00. The lowest BCUT2D eigenvalue weighted by Crippen LogP contribution is -2.52. The van der Waals surface area contributed by atoms with Gasteiger partial charge in [-0.15, -0.1) is 11.8 Å². The fourth-order valence-corrected chi connectivity index (χ4v) is 6.66. The molecular weight excluding hydrogens is 392 g/mol. The third kappa shape index (κ3) is 2.89. The first-order valence-corrected chi connectivity index (χ1v) is 11.6. The number of nitrogens with zero attached hydrogens (tertiary/aromatic N) is 2. The molecule has 2 fully saturated rings. The standard InChI is InChI=1S/C25H28N2O2S/c1-17-12-13-21-20(14-17)25(23(29)26(21)15-18-8-5-4-6-9-18)27(16-24(2,3)30-25)22(28)19-10-7-11-19/h4-6,8-9,12-14,19H,7,10-11,15-16H2,1-3H3/t25-/m1/s1. The molecule has 4 nitrogen and oxygen atoms in total. The molecular formula is C25H28N2O2S. The Balaban J connectivity index is 1.64. The van der Waals surface area contributed by atoms with E-state index in [1.165, 1.54) is 0 Å². The lowest BCUT2D eigenvalue weighted by Gasteiger charge is -2.37. The fraction of sp³-hybridized carbons (Fsp3) is 0.440. The predicted octanol–water partition coefficient (Wildman–Crippen LogP) is 4.85. The van der Waals surface area contributed by atoms with Gasteiger partial charge in [0.25, 0.3) is 5.91 Å². The smallest absolute Gasteiger partial charge is 0.268 e. The molecule has 0 unspecified atom stereocenters. The van der Waals surface area contributed by atoms with Crippen LogP contribution in [0.3, 0.4) is 0 Å². The SMILES string of the molecule is Cc1ccc2c(c1)[C@@]1(SC(C)(C)CN1C(=O)C1CCC1)C(=O)N2Cc1ccccc1. The molecule has 2 aromatic rings. The molecule has 0 aromatic heterocycles. The van der Waals surface area contributed by atoms with Gasteiger partial charge in [0.1, 0.15) is 0 Å². The minimum atomic E-state index is -0.952. The van der Waals surface area contributed by atoms with Crippen LogP contribution >= 0.6 is 11.8 Å². The second-order valence-electron chi connectivity index (χ2n) is 9.46. The topological polar surface area (TPSA) is 40.6 Å². The quantitative estimate of drug-likeness (QED) is 0.713. The van der Waals surface area contributed by atoms with E-state index >= 15 is 0 Å². The van der Waals surface area contributed by atoms with Crippen molar-refractivity contribution < 1.29 is 9.59 Å². The van der Waals surface area contributed by atoms with Crippen LogP contribution in [0.4, 0.5) is 5.69 Å². The molecule has 2 aliphatic heterocycles. The second kappa shape index (κ2) is 6.88. The van der Waals surface area contributed by atoms with E-state index in [1.807, 2.05) is 28.0 Å². The highest BCUT2D eigenvalue weighted by Crippen LogP contribution is 2.60. The first-order valence-electron chi connectivity index (χ1n) is 10.8. The van der Waals surface area contributed by atoms with E-state index in [9.17, 15) is 9.59 Å². The highest BCUT2D eigenvalue weighted by atomic mass is 32.2. The van der Waals surface area contributed by atoms with E-state index in [0.717, 1.165) is 41.6 Å². The summed E-state index contributed by atoms with van der Waals surface area (Å²) in [5.41, 5.74) is 4.12. The van der Waals surface area contributed by atoms with Crippen LogP contribution in [0.15, 0.2) is 48.5 Å². The summed E-state index contributed by atoms with van der Waals surface area (Å²) < 4.78 is -0.182. The number of carbonyl (C=O) groups excluding carboxylic acids is 2. The van der Waals surface area contributed by atoms with Gasteiger partial charge in [-0.3, -0.25) is 9.59 Å². The summed E-state index contributed by atoms with van der Waals surface area (Å²) in [4.78, 5) is 30.5. The highest BCUT2D eigenvalue weighted by Gasteiger charge is 2.64. The van der Waals surface area contributed by atoms with Gasteiger partial charge in [-0.25, -0.2) is 0 Å². The van der Waals surface area contributed by atoms with Crippen molar-refractivity contribution in [1.82, 2.24) is 4.90 Å². The van der Waals surface area contributed by atoms with E-state index in [-0.39, 0.29) is 22.5 Å². The Kier molecular flexibility index (Phi) is 4.51. The molecule has 1 saturated heterocycles. The zero-order valence-electron chi connectivity index (χ0n) is 17.9. The molecule has 5 heteroatoms. The number of anilines is 1. The molecule has 0 radical (unpaired) electrons. The van der Waals surface area contributed by atoms with Crippen molar-refractivity contribution in [2.45, 2.75) is 56.2 Å². The zero-order valence-corrected chi connectivity index (χ0v) is 18.7. The summed E-state index contributed by atoms with van der Waals surface area (Å²) in [6.45, 7) is 7.47. The average molecular weight is 421 g/mol. The highest BCUT2D eigenvalue weighted by molar-refractivity contribution is 8.02. The Labute approximate surface area is 182 Å². The molecule has 30 heavy (non-hydrogen) atoms. The van der Waals surface area contributed by atoms with Gasteiger partial charge in [0.15, 0.2) is 4.87 Å². The summed E-state index contributed by atoms with van der Waals surface area (Å²) >= 11 is 1.65. The molecule has 3 aliphatic rings. The summed E-state index contributed by atoms with van der Waals surface area (Å²) in [5, 5.41) is 0. The molecule has 1 saturated carbocycles. The second-order valence-corrected chi connectivity index (χ2v) is 11.4. The number of amides is 2. The number of hydrogen-bond acceptors (Lipinski definition) is 3. The molecule has 1 aliphatic carbocycles. The van der Waals surface area contributed by atoms with Crippen LogP contribution < -0.4 is 4.90 Å². The van der Waals surface area contributed by atoms with Crippen molar-refractivity contribution in [2.75, 3.05) is 11.4 Å². The van der Waals surface area contributed by atoms with Gasteiger partial charge in [-0.05, 0) is 45.2 Å².